The molecule has 1 saturated carbocycles. The highest BCUT2D eigenvalue weighted by Gasteiger charge is 2.24. The van der Waals surface area contributed by atoms with Gasteiger partial charge in [-0.05, 0) is 38.7 Å². The maximum Gasteiger partial charge on any atom is 0.0294 e. The Morgan fingerprint density at radius 3 is 2.69 bits per heavy atom. The summed E-state index contributed by atoms with van der Waals surface area (Å²) in [5.41, 5.74) is 2.75. The van der Waals surface area contributed by atoms with E-state index < -0.39 is 0 Å². The predicted octanol–water partition coefficient (Wildman–Crippen LogP) is 3.83. The van der Waals surface area contributed by atoms with Crippen LogP contribution in [0.2, 0.25) is 0 Å². The van der Waals surface area contributed by atoms with Crippen molar-refractivity contribution in [2.75, 3.05) is 0 Å². The number of hydrogen-bond donors (Lipinski definition) is 1. The SMILES string of the molecule is Cc1cccc([C@H](C)NC(C)CC2CC2)c1. The summed E-state index contributed by atoms with van der Waals surface area (Å²) in [6.45, 7) is 6.73. The maximum absolute atomic E-state index is 3.69. The third-order valence-corrected chi connectivity index (χ3v) is 3.46. The molecule has 0 amide bonds. The molecule has 88 valence electrons. The van der Waals surface area contributed by atoms with Crippen LogP contribution in [0.25, 0.3) is 0 Å². The summed E-state index contributed by atoms with van der Waals surface area (Å²) >= 11 is 0. The molecule has 0 spiro atoms. The number of hydrogen-bond acceptors (Lipinski definition) is 1. The van der Waals surface area contributed by atoms with E-state index in [4.69, 9.17) is 0 Å². The standard InChI is InChI=1S/C15H23N/c1-11-5-4-6-15(9-11)13(3)16-12(2)10-14-7-8-14/h4-6,9,12-14,16H,7-8,10H2,1-3H3/t12?,13-/m0/s1. The molecular weight excluding hydrogens is 194 g/mol. The summed E-state index contributed by atoms with van der Waals surface area (Å²) < 4.78 is 0. The number of nitrogens with one attached hydrogen (secondary N) is 1. The van der Waals surface area contributed by atoms with Gasteiger partial charge in [-0.2, -0.15) is 0 Å². The minimum atomic E-state index is 0.466. The molecule has 1 N–H and O–H groups in total. The van der Waals surface area contributed by atoms with E-state index >= 15 is 0 Å². The van der Waals surface area contributed by atoms with Crippen molar-refractivity contribution in [3.8, 4) is 0 Å². The summed E-state index contributed by atoms with van der Waals surface area (Å²) in [5, 5.41) is 3.69. The van der Waals surface area contributed by atoms with Gasteiger partial charge in [0.1, 0.15) is 0 Å². The predicted molar refractivity (Wildman–Crippen MR) is 69.5 cm³/mol. The van der Waals surface area contributed by atoms with E-state index in [2.05, 4.69) is 50.4 Å². The third kappa shape index (κ3) is 3.34. The maximum atomic E-state index is 3.69. The van der Waals surface area contributed by atoms with Gasteiger partial charge in [0.2, 0.25) is 0 Å². The molecule has 0 heterocycles. The molecule has 1 aliphatic rings. The molecule has 1 aliphatic carbocycles. The van der Waals surface area contributed by atoms with Crippen LogP contribution in [0.1, 0.15) is 50.3 Å². The van der Waals surface area contributed by atoms with E-state index in [0.717, 1.165) is 5.92 Å². The third-order valence-electron chi connectivity index (χ3n) is 3.46. The first-order chi connectivity index (χ1) is 7.65. The average molecular weight is 217 g/mol. The van der Waals surface area contributed by atoms with Crippen molar-refractivity contribution in [2.24, 2.45) is 5.92 Å². The van der Waals surface area contributed by atoms with Crippen LogP contribution in [0.3, 0.4) is 0 Å². The van der Waals surface area contributed by atoms with E-state index in [9.17, 15) is 0 Å². The van der Waals surface area contributed by atoms with Gasteiger partial charge in [-0.25, -0.2) is 0 Å². The monoisotopic (exact) mass is 217 g/mol. The minimum absolute atomic E-state index is 0.466. The molecule has 0 radical (unpaired) electrons. The first kappa shape index (κ1) is 11.7. The molecule has 0 bridgehead atoms. The van der Waals surface area contributed by atoms with Gasteiger partial charge in [0, 0.05) is 12.1 Å². The zero-order chi connectivity index (χ0) is 11.5. The lowest BCUT2D eigenvalue weighted by molar-refractivity contribution is 0.438. The zero-order valence-electron chi connectivity index (χ0n) is 10.7. The molecule has 1 fully saturated rings. The fraction of sp³-hybridized carbons (Fsp3) is 0.600. The Bertz CT molecular complexity index is 341. The van der Waals surface area contributed by atoms with Crippen molar-refractivity contribution < 1.29 is 0 Å². The van der Waals surface area contributed by atoms with E-state index in [1.165, 1.54) is 30.4 Å². The summed E-state index contributed by atoms with van der Waals surface area (Å²) in [5.74, 6) is 1.01. The highest BCUT2D eigenvalue weighted by Crippen LogP contribution is 2.33. The van der Waals surface area contributed by atoms with Crippen LogP contribution < -0.4 is 5.32 Å². The molecule has 0 aromatic heterocycles. The fourth-order valence-corrected chi connectivity index (χ4v) is 2.38. The Hall–Kier alpha value is -0.820. The molecule has 2 atom stereocenters. The lowest BCUT2D eigenvalue weighted by Crippen LogP contribution is -2.29. The first-order valence-corrected chi connectivity index (χ1v) is 6.48. The summed E-state index contributed by atoms with van der Waals surface area (Å²) in [4.78, 5) is 0. The van der Waals surface area contributed by atoms with Gasteiger partial charge < -0.3 is 5.32 Å². The van der Waals surface area contributed by atoms with Crippen molar-refractivity contribution in [3.63, 3.8) is 0 Å². The second kappa shape index (κ2) is 5.01. The minimum Gasteiger partial charge on any atom is -0.308 e. The molecule has 16 heavy (non-hydrogen) atoms. The summed E-state index contributed by atoms with van der Waals surface area (Å²) in [6, 6.07) is 9.91. The van der Waals surface area contributed by atoms with Gasteiger partial charge in [-0.15, -0.1) is 0 Å². The van der Waals surface area contributed by atoms with Crippen LogP contribution in [0.4, 0.5) is 0 Å². The van der Waals surface area contributed by atoms with E-state index in [0.29, 0.717) is 12.1 Å². The molecule has 1 heteroatoms. The summed E-state index contributed by atoms with van der Waals surface area (Å²) in [7, 11) is 0. The van der Waals surface area contributed by atoms with Crippen molar-refractivity contribution >= 4 is 0 Å². The second-order valence-corrected chi connectivity index (χ2v) is 5.38. The molecule has 1 aromatic carbocycles. The van der Waals surface area contributed by atoms with Crippen LogP contribution in [0.15, 0.2) is 24.3 Å². The van der Waals surface area contributed by atoms with Crippen LogP contribution in [0, 0.1) is 12.8 Å². The van der Waals surface area contributed by atoms with E-state index in [1.54, 1.807) is 0 Å². The molecule has 1 aromatic rings. The zero-order valence-corrected chi connectivity index (χ0v) is 10.7. The van der Waals surface area contributed by atoms with Gasteiger partial charge >= 0.3 is 0 Å². The highest BCUT2D eigenvalue weighted by molar-refractivity contribution is 5.24. The van der Waals surface area contributed by atoms with Crippen LogP contribution in [-0.2, 0) is 0 Å². The average Bonchev–Trinajstić information content (AvgIpc) is 3.01. The molecule has 0 saturated heterocycles. The van der Waals surface area contributed by atoms with Crippen LogP contribution in [-0.4, -0.2) is 6.04 Å². The van der Waals surface area contributed by atoms with Gasteiger partial charge in [0.15, 0.2) is 0 Å². The first-order valence-electron chi connectivity index (χ1n) is 6.48. The van der Waals surface area contributed by atoms with Gasteiger partial charge in [-0.3, -0.25) is 0 Å². The van der Waals surface area contributed by atoms with Crippen molar-refractivity contribution in [3.05, 3.63) is 35.4 Å². The Labute approximate surface area is 99.3 Å². The quantitative estimate of drug-likeness (QED) is 0.790. The Morgan fingerprint density at radius 2 is 2.06 bits per heavy atom. The largest absolute Gasteiger partial charge is 0.308 e. The molecule has 1 nitrogen and oxygen atoms in total. The van der Waals surface area contributed by atoms with E-state index in [1.807, 2.05) is 0 Å². The van der Waals surface area contributed by atoms with Crippen molar-refractivity contribution in [1.82, 2.24) is 5.32 Å². The Kier molecular flexibility index (Phi) is 3.65. The molecule has 0 aliphatic heterocycles. The lowest BCUT2D eigenvalue weighted by atomic mass is 10.0. The summed E-state index contributed by atoms with van der Waals surface area (Å²) in [6.07, 6.45) is 4.24. The smallest absolute Gasteiger partial charge is 0.0294 e. The van der Waals surface area contributed by atoms with Crippen molar-refractivity contribution in [1.29, 1.82) is 0 Å². The number of benzene rings is 1. The highest BCUT2D eigenvalue weighted by atomic mass is 14.9. The number of aryl methyl sites for hydroxylation is 1. The second-order valence-electron chi connectivity index (χ2n) is 5.38. The molecule has 2 rings (SSSR count). The Morgan fingerprint density at radius 1 is 1.31 bits per heavy atom. The molecule has 1 unspecified atom stereocenters. The van der Waals surface area contributed by atoms with Gasteiger partial charge in [0.25, 0.3) is 0 Å². The van der Waals surface area contributed by atoms with Crippen LogP contribution >= 0.6 is 0 Å². The lowest BCUT2D eigenvalue weighted by Gasteiger charge is -2.20. The van der Waals surface area contributed by atoms with Gasteiger partial charge in [-0.1, -0.05) is 42.7 Å². The molecular formula is C15H23N. The van der Waals surface area contributed by atoms with Gasteiger partial charge in [0.05, 0.1) is 0 Å². The van der Waals surface area contributed by atoms with Crippen LogP contribution in [0.5, 0.6) is 0 Å². The normalized spacial score (nSPS) is 19.4. The topological polar surface area (TPSA) is 12.0 Å². The fourth-order valence-electron chi connectivity index (χ4n) is 2.38. The van der Waals surface area contributed by atoms with Crippen molar-refractivity contribution in [2.45, 2.75) is 52.1 Å². The Balaban J connectivity index is 1.88. The number of rotatable bonds is 5. The van der Waals surface area contributed by atoms with E-state index in [-0.39, 0.29) is 0 Å².